The van der Waals surface area contributed by atoms with Gasteiger partial charge in [-0.3, -0.25) is 9.59 Å². The third-order valence-corrected chi connectivity index (χ3v) is 18.5. The number of aromatic nitrogens is 1. The number of nitrogens with zero attached hydrogens (tertiary/aromatic N) is 4. The van der Waals surface area contributed by atoms with Crippen LogP contribution in [0.15, 0.2) is 28.3 Å². The molecule has 3 saturated heterocycles. The number of hydrogen-bond acceptors (Lipinski definition) is 21. The van der Waals surface area contributed by atoms with E-state index in [1.165, 1.54) is 20.2 Å². The first kappa shape index (κ1) is 71.7. The highest BCUT2D eigenvalue weighted by molar-refractivity contribution is 5.94. The van der Waals surface area contributed by atoms with Crippen molar-refractivity contribution in [2.75, 3.05) is 67.2 Å². The SMILES string of the molecule is CC[C@H]1OC(=O)[C@H](C)[C@@H](O[C@H]2C[C@@](C)(OC)[C@@H](OC(=O)NCCOCCCc3cc4c5c(c3)c(=O)c(C(=O)O)cn5C(C)(C)OC4)[C@H](C)O2)[C@H](C)[C@@H](OC2O[C@H](C)C[C@H](N(C)C)[C@H]2O)[C@](C)(O)C[C@@H](C)/C(=N\OCCN(CC)CC)[C@H](C)[C@@H](O)[C@]1(C)O. The van der Waals surface area contributed by atoms with E-state index in [1.807, 2.05) is 66.6 Å². The van der Waals surface area contributed by atoms with Crippen molar-refractivity contribution < 1.29 is 87.4 Å². The van der Waals surface area contributed by atoms with Gasteiger partial charge in [-0.2, -0.15) is 0 Å². The van der Waals surface area contributed by atoms with Gasteiger partial charge in [0.1, 0.15) is 41.3 Å². The fraction of sp³-hybridized carbons (Fsp3) is 0.794. The number of alkyl carbamates (subject to hydrolysis) is 1. The van der Waals surface area contributed by atoms with Crippen LogP contribution in [0.4, 0.5) is 4.79 Å². The lowest BCUT2D eigenvalue weighted by atomic mass is 9.73. The zero-order valence-electron chi connectivity index (χ0n) is 54.5. The molecule has 5 heterocycles. The number of carboxylic acids is 1. The Morgan fingerprint density at radius 2 is 1.59 bits per heavy atom. The third kappa shape index (κ3) is 16.8. The second-order valence-corrected chi connectivity index (χ2v) is 25.9. The van der Waals surface area contributed by atoms with E-state index >= 15 is 0 Å². The van der Waals surface area contributed by atoms with Gasteiger partial charge in [0.2, 0.25) is 5.43 Å². The Bertz CT molecular complexity index is 2720. The minimum atomic E-state index is -2.01. The number of aryl methyl sites for hydroxylation is 1. The highest BCUT2D eigenvalue weighted by Crippen LogP contribution is 2.42. The minimum Gasteiger partial charge on any atom is -0.477 e. The number of likely N-dealkylation sites (N-methyl/N-ethyl adjacent to an activating group) is 2. The number of aromatic carboxylic acids is 1. The molecule has 87 heavy (non-hydrogen) atoms. The number of aliphatic hydroxyl groups is 4. The van der Waals surface area contributed by atoms with Gasteiger partial charge in [-0.1, -0.05) is 52.8 Å². The first-order chi connectivity index (χ1) is 40.8. The molecule has 24 nitrogen and oxygen atoms in total. The number of esters is 1. The van der Waals surface area contributed by atoms with Gasteiger partial charge in [0.15, 0.2) is 18.7 Å². The first-order valence-electron chi connectivity index (χ1n) is 31.1. The molecular weight excluding hydrogens is 1130 g/mol. The predicted octanol–water partition coefficient (Wildman–Crippen LogP) is 5.55. The van der Waals surface area contributed by atoms with E-state index in [0.29, 0.717) is 49.0 Å². The molecule has 24 heteroatoms. The molecule has 3 fully saturated rings. The average Bonchev–Trinajstić information content (AvgIpc) is 1.55. The number of aliphatic hydroxyl groups excluding tert-OH is 2. The fourth-order valence-corrected chi connectivity index (χ4v) is 13.3. The van der Waals surface area contributed by atoms with Crippen LogP contribution in [0.1, 0.15) is 151 Å². The lowest BCUT2D eigenvalue weighted by Gasteiger charge is -2.49. The molecule has 1 amide bonds. The summed E-state index contributed by atoms with van der Waals surface area (Å²) in [5, 5.41) is 66.9. The summed E-state index contributed by atoms with van der Waals surface area (Å²) in [5.74, 6) is -5.66. The summed E-state index contributed by atoms with van der Waals surface area (Å²) in [6.45, 7) is 28.0. The molecule has 0 spiro atoms. The van der Waals surface area contributed by atoms with Gasteiger partial charge in [0.25, 0.3) is 0 Å². The molecule has 0 aliphatic carbocycles. The number of nitrogens with one attached hydrogen (secondary N) is 1. The Hall–Kier alpha value is -4.41. The predicted molar refractivity (Wildman–Crippen MR) is 323 cm³/mol. The fourth-order valence-electron chi connectivity index (χ4n) is 13.3. The van der Waals surface area contributed by atoms with Gasteiger partial charge >= 0.3 is 18.0 Å². The molecule has 6 N–H and O–H groups in total. The third-order valence-electron chi connectivity index (χ3n) is 18.5. The monoisotopic (exact) mass is 1230 g/mol. The van der Waals surface area contributed by atoms with Crippen LogP contribution in [-0.4, -0.2) is 215 Å². The van der Waals surface area contributed by atoms with Crippen LogP contribution in [-0.2, 0) is 71.0 Å². The molecule has 1 unspecified atom stereocenters. The van der Waals surface area contributed by atoms with E-state index in [-0.39, 0.29) is 63.3 Å². The van der Waals surface area contributed by atoms with Crippen molar-refractivity contribution in [1.82, 2.24) is 19.7 Å². The number of ether oxygens (including phenoxy) is 9. The molecule has 2 aromatic rings. The molecule has 494 valence electrons. The van der Waals surface area contributed by atoms with Crippen LogP contribution in [0.5, 0.6) is 0 Å². The summed E-state index contributed by atoms with van der Waals surface area (Å²) in [7, 11) is 5.19. The van der Waals surface area contributed by atoms with Crippen molar-refractivity contribution in [2.45, 2.75) is 232 Å². The number of oxime groups is 1. The van der Waals surface area contributed by atoms with Crippen LogP contribution in [0.2, 0.25) is 0 Å². The molecule has 4 aliphatic heterocycles. The molecular formula is C63H103N5O19. The molecule has 18 atom stereocenters. The van der Waals surface area contributed by atoms with Crippen molar-refractivity contribution >= 4 is 34.6 Å². The van der Waals surface area contributed by atoms with Crippen LogP contribution in [0.25, 0.3) is 10.9 Å². The number of hydrogen-bond donors (Lipinski definition) is 6. The largest absolute Gasteiger partial charge is 0.477 e. The summed E-state index contributed by atoms with van der Waals surface area (Å²) in [5.41, 5.74) is -4.17. The molecule has 0 bridgehead atoms. The Morgan fingerprint density at radius 3 is 2.22 bits per heavy atom. The first-order valence-corrected chi connectivity index (χ1v) is 31.1. The molecule has 4 aliphatic rings. The van der Waals surface area contributed by atoms with E-state index < -0.39 is 125 Å². The van der Waals surface area contributed by atoms with E-state index in [2.05, 4.69) is 15.4 Å². The van der Waals surface area contributed by atoms with Crippen molar-refractivity contribution in [1.29, 1.82) is 0 Å². The number of amides is 1. The van der Waals surface area contributed by atoms with Crippen molar-refractivity contribution in [3.8, 4) is 0 Å². The van der Waals surface area contributed by atoms with Crippen molar-refractivity contribution in [3.05, 3.63) is 45.2 Å². The second kappa shape index (κ2) is 30.1. The van der Waals surface area contributed by atoms with Crippen LogP contribution in [0, 0.1) is 23.7 Å². The number of carbonyl (C=O) groups is 3. The summed E-state index contributed by atoms with van der Waals surface area (Å²) in [6, 6.07) is 3.32. The van der Waals surface area contributed by atoms with E-state index in [9.17, 15) is 44.7 Å². The lowest BCUT2D eigenvalue weighted by molar-refractivity contribution is -0.317. The van der Waals surface area contributed by atoms with Gasteiger partial charge < -0.3 is 92.7 Å². The average molecular weight is 1230 g/mol. The topological polar surface area (TPSA) is 298 Å². The summed E-state index contributed by atoms with van der Waals surface area (Å²) < 4.78 is 58.6. The van der Waals surface area contributed by atoms with E-state index in [0.717, 1.165) is 24.2 Å². The number of pyridine rings is 1. The normalized spacial score (nSPS) is 35.7. The standard InChI is InChI=1S/C63H103N5O19/c1-18-46-63(14,77)53(71)37(6)48(65-81-27-24-67(19-2)20-3)35(4)31-61(12,76)54(86-58-51(70)45(66(15)16)28-36(5)82-58)38(7)52(39(8)57(74)84-46)85-47-32-62(13,78-17)55(40(9)83-47)87-59(75)64-23-26-79-25-21-22-41-29-42-34-80-60(10,11)68-33-44(56(72)73)50(69)43(30-41)49(42)68/h29-30,33,35-40,45-47,51-55,58,70-71,76-77H,18-28,31-32,34H2,1-17H3,(H,64,75)(H,72,73)/b65-48+/t35-,36-,37+,38+,39-,40+,45+,46-,47+,51-,52+,53-,54-,55+,58?,61-,62-,63-/m1/s1. The number of benzene rings is 1. The van der Waals surface area contributed by atoms with Crippen molar-refractivity contribution in [3.63, 3.8) is 0 Å². The Balaban J connectivity index is 1.19. The maximum absolute atomic E-state index is 14.8. The molecule has 1 aromatic heterocycles. The Kier molecular flexibility index (Phi) is 24.8. The smallest absolute Gasteiger partial charge is 0.407 e. The molecule has 6 rings (SSSR count). The zero-order chi connectivity index (χ0) is 64.7. The number of carbonyl (C=O) groups excluding carboxylic acids is 2. The van der Waals surface area contributed by atoms with Gasteiger partial charge in [-0.15, -0.1) is 0 Å². The number of cyclic esters (lactones) is 1. The van der Waals surface area contributed by atoms with E-state index in [1.54, 1.807) is 59.1 Å². The molecule has 0 radical (unpaired) electrons. The van der Waals surface area contributed by atoms with Crippen LogP contribution < -0.4 is 10.7 Å². The van der Waals surface area contributed by atoms with Gasteiger partial charge in [-0.05, 0) is 126 Å². The lowest BCUT2D eigenvalue weighted by Crippen LogP contribution is -2.61. The maximum atomic E-state index is 14.8. The quantitative estimate of drug-likeness (QED) is 0.0478. The zero-order valence-corrected chi connectivity index (χ0v) is 54.5. The highest BCUT2D eigenvalue weighted by Gasteiger charge is 2.54. The molecule has 0 saturated carbocycles. The van der Waals surface area contributed by atoms with Gasteiger partial charge in [-0.25, -0.2) is 9.59 Å². The van der Waals surface area contributed by atoms with Crippen molar-refractivity contribution in [2.24, 2.45) is 28.8 Å². The van der Waals surface area contributed by atoms with Crippen LogP contribution in [0.3, 0.4) is 0 Å². The maximum Gasteiger partial charge on any atom is 0.407 e. The van der Waals surface area contributed by atoms with Crippen LogP contribution >= 0.6 is 0 Å². The number of rotatable bonds is 22. The summed E-state index contributed by atoms with van der Waals surface area (Å²) >= 11 is 0. The number of methoxy groups -OCH3 is 1. The van der Waals surface area contributed by atoms with E-state index in [4.69, 9.17) is 47.5 Å². The van der Waals surface area contributed by atoms with Gasteiger partial charge in [0.05, 0.1) is 66.5 Å². The summed E-state index contributed by atoms with van der Waals surface area (Å²) in [4.78, 5) is 63.6. The minimum absolute atomic E-state index is 0.0175. The molecule has 1 aromatic carbocycles. The highest BCUT2D eigenvalue weighted by atomic mass is 16.7. The summed E-state index contributed by atoms with van der Waals surface area (Å²) in [6.07, 6.45) is -8.66. The Labute approximate surface area is 513 Å². The second-order valence-electron chi connectivity index (χ2n) is 25.9. The Morgan fingerprint density at radius 1 is 0.897 bits per heavy atom. The number of carboxylic acid groups (broad SMARTS) is 1. The van der Waals surface area contributed by atoms with Gasteiger partial charge in [0, 0.05) is 74.2 Å².